The zero-order valence-corrected chi connectivity index (χ0v) is 14.1. The second-order valence-corrected chi connectivity index (χ2v) is 8.28. The minimum absolute atomic E-state index is 0.106. The Hall–Kier alpha value is -1.32. The first kappa shape index (κ1) is 14.6. The van der Waals surface area contributed by atoms with Crippen molar-refractivity contribution in [2.75, 3.05) is 0 Å². The fourth-order valence-electron chi connectivity index (χ4n) is 3.53. The number of nitrogens with zero attached hydrogens (tertiary/aromatic N) is 1. The Labute approximate surface area is 131 Å². The molecule has 5 heteroatoms. The van der Waals surface area contributed by atoms with Crippen LogP contribution in [0.25, 0.3) is 0 Å². The van der Waals surface area contributed by atoms with Crippen molar-refractivity contribution in [3.8, 4) is 0 Å². The molecule has 0 spiro atoms. The van der Waals surface area contributed by atoms with E-state index in [9.17, 15) is 9.59 Å². The molecule has 2 aliphatic rings. The van der Waals surface area contributed by atoms with Crippen LogP contribution in [0.2, 0.25) is 5.32 Å². The molecule has 0 unspecified atom stereocenters. The van der Waals surface area contributed by atoms with Crippen LogP contribution in [0.1, 0.15) is 33.1 Å². The van der Waals surface area contributed by atoms with Gasteiger partial charge in [-0.25, -0.2) is 0 Å². The Kier molecular flexibility index (Phi) is 3.58. The van der Waals surface area contributed by atoms with E-state index in [-0.39, 0.29) is 17.5 Å². The van der Waals surface area contributed by atoms with Crippen LogP contribution in [-0.2, 0) is 4.79 Å². The van der Waals surface area contributed by atoms with Gasteiger partial charge in [0.15, 0.2) is 0 Å². The van der Waals surface area contributed by atoms with Gasteiger partial charge in [-0.05, 0) is 0 Å². The van der Waals surface area contributed by atoms with Gasteiger partial charge < -0.3 is 0 Å². The van der Waals surface area contributed by atoms with Crippen molar-refractivity contribution in [3.63, 3.8) is 0 Å². The first-order valence-electron chi connectivity index (χ1n) is 7.35. The van der Waals surface area contributed by atoms with E-state index in [4.69, 9.17) is 0 Å². The summed E-state index contributed by atoms with van der Waals surface area (Å²) in [5, 5.41) is 3.47. The molecule has 0 bridgehead atoms. The van der Waals surface area contributed by atoms with Gasteiger partial charge in [0.25, 0.3) is 0 Å². The number of amides is 3. The van der Waals surface area contributed by atoms with Crippen molar-refractivity contribution < 1.29 is 9.59 Å². The van der Waals surface area contributed by atoms with E-state index in [0.717, 1.165) is 18.2 Å². The maximum atomic E-state index is 12.3. The summed E-state index contributed by atoms with van der Waals surface area (Å²) in [6.07, 6.45) is 2.38. The average Bonchev–Trinajstić information content (AvgIpc) is 2.94. The molecule has 2 atom stereocenters. The molecule has 2 aliphatic heterocycles. The number of benzene rings is 1. The molecule has 2 heterocycles. The number of fused-ring (bicyclic) bond motifs is 1. The number of urea groups is 1. The summed E-state index contributed by atoms with van der Waals surface area (Å²) in [7, 11) is 0. The topological polar surface area (TPSA) is 49.4 Å². The van der Waals surface area contributed by atoms with Crippen LogP contribution >= 0.6 is 0 Å². The van der Waals surface area contributed by atoms with Gasteiger partial charge in [0.1, 0.15) is 0 Å². The van der Waals surface area contributed by atoms with Crippen LogP contribution in [0.15, 0.2) is 30.3 Å². The number of carbonyl (C=O) groups excluding carboxylic acids is 2. The summed E-state index contributed by atoms with van der Waals surface area (Å²) in [6.45, 7) is 4.13. The summed E-state index contributed by atoms with van der Waals surface area (Å²) < 4.78 is 1.34. The number of nitrogens with one attached hydrogen (secondary N) is 1. The fraction of sp³-hybridized carbons (Fsp3) is 0.500. The van der Waals surface area contributed by atoms with Crippen LogP contribution in [0, 0.1) is 0 Å². The summed E-state index contributed by atoms with van der Waals surface area (Å²) in [5.74, 6) is -0.106. The summed E-state index contributed by atoms with van der Waals surface area (Å²) in [4.78, 5) is 26.3. The third-order valence-electron chi connectivity index (χ3n) is 4.77. The molecule has 112 valence electrons. The van der Waals surface area contributed by atoms with E-state index in [2.05, 4.69) is 36.5 Å². The monoisotopic (exact) mass is 352 g/mol. The molecule has 2 saturated heterocycles. The Morgan fingerprint density at radius 3 is 2.62 bits per heavy atom. The molecule has 1 aromatic carbocycles. The van der Waals surface area contributed by atoms with Crippen molar-refractivity contribution in [2.45, 2.75) is 49.5 Å². The molecule has 0 radical (unpaired) electrons. The molecule has 1 N–H and O–H groups in total. The molecule has 21 heavy (non-hydrogen) atoms. The molecule has 0 saturated carbocycles. The normalized spacial score (nSPS) is 31.4. The molecule has 4 nitrogen and oxygen atoms in total. The summed E-state index contributed by atoms with van der Waals surface area (Å²) in [6, 6.07) is 10.2. The van der Waals surface area contributed by atoms with Crippen LogP contribution in [-0.4, -0.2) is 42.9 Å². The van der Waals surface area contributed by atoms with Crippen LogP contribution in [0.5, 0.6) is 0 Å². The quantitative estimate of drug-likeness (QED) is 0.663. The minimum atomic E-state index is -0.599. The average molecular weight is 351 g/mol. The Morgan fingerprint density at radius 1 is 1.24 bits per heavy atom. The Bertz CT molecular complexity index is 577. The van der Waals surface area contributed by atoms with E-state index in [1.54, 1.807) is 0 Å². The maximum absolute atomic E-state index is 12.3. The van der Waals surface area contributed by atoms with Gasteiger partial charge in [0, 0.05) is 0 Å². The number of rotatable bonds is 4. The van der Waals surface area contributed by atoms with Crippen LogP contribution in [0.3, 0.4) is 0 Å². The van der Waals surface area contributed by atoms with Crippen molar-refractivity contribution in [1.29, 1.82) is 0 Å². The van der Waals surface area contributed by atoms with E-state index in [1.165, 1.54) is 4.46 Å². The van der Waals surface area contributed by atoms with Crippen LogP contribution < -0.4 is 9.78 Å². The molecule has 0 aliphatic carbocycles. The Balaban J connectivity index is 1.82. The van der Waals surface area contributed by atoms with E-state index in [0.29, 0.717) is 21.4 Å². The van der Waals surface area contributed by atoms with E-state index >= 15 is 0 Å². The second kappa shape index (κ2) is 5.15. The van der Waals surface area contributed by atoms with Crippen molar-refractivity contribution >= 4 is 31.4 Å². The number of hydrogen-bond donors (Lipinski definition) is 1. The van der Waals surface area contributed by atoms with Crippen LogP contribution in [0.4, 0.5) is 4.79 Å². The van der Waals surface area contributed by atoms with Gasteiger partial charge >= 0.3 is 131 Å². The predicted molar refractivity (Wildman–Crippen MR) is 82.7 cm³/mol. The van der Waals surface area contributed by atoms with Gasteiger partial charge in [-0.1, -0.05) is 0 Å². The molecule has 1 aromatic rings. The first-order valence-corrected chi connectivity index (χ1v) is 9.42. The molecule has 3 rings (SSSR count). The van der Waals surface area contributed by atoms with Crippen molar-refractivity contribution in [2.24, 2.45) is 0 Å². The number of imide groups is 1. The number of carbonyl (C=O) groups is 2. The van der Waals surface area contributed by atoms with Gasteiger partial charge in [-0.3, -0.25) is 0 Å². The van der Waals surface area contributed by atoms with E-state index in [1.807, 2.05) is 17.9 Å². The number of hydrogen-bond acceptors (Lipinski definition) is 2. The van der Waals surface area contributed by atoms with Gasteiger partial charge in [0.2, 0.25) is 0 Å². The third kappa shape index (κ3) is 2.19. The van der Waals surface area contributed by atoms with Crippen molar-refractivity contribution in [1.82, 2.24) is 10.2 Å². The third-order valence-corrected chi connectivity index (χ3v) is 7.65. The molecular weight excluding hydrogens is 331 g/mol. The Morgan fingerprint density at radius 2 is 1.95 bits per heavy atom. The fourth-order valence-corrected chi connectivity index (χ4v) is 5.84. The summed E-state index contributed by atoms with van der Waals surface area (Å²) in [5.41, 5.74) is -0.805. The van der Waals surface area contributed by atoms with Gasteiger partial charge in [0.05, 0.1) is 0 Å². The molecule has 0 aromatic heterocycles. The first-order chi connectivity index (χ1) is 10.0. The van der Waals surface area contributed by atoms with E-state index < -0.39 is 5.54 Å². The SMILES string of the molecule is CC[C@@]12CC[C@@](C)(C[Se]c3ccccc3)N1C(=O)NC2=O. The molecule has 3 amide bonds. The van der Waals surface area contributed by atoms with Crippen molar-refractivity contribution in [3.05, 3.63) is 30.3 Å². The van der Waals surface area contributed by atoms with Gasteiger partial charge in [-0.15, -0.1) is 0 Å². The second-order valence-electron chi connectivity index (χ2n) is 6.08. The predicted octanol–water partition coefficient (Wildman–Crippen LogP) is 1.69. The summed E-state index contributed by atoms with van der Waals surface area (Å²) >= 11 is 0.311. The molecular formula is C16H20N2O2Se. The zero-order valence-electron chi connectivity index (χ0n) is 12.4. The standard InChI is InChI=1S/C16H20N2O2Se/c1-3-16-10-9-15(2,18(16)14(20)17-13(16)19)11-21-12-7-5-4-6-8-12/h4-8H,3,9-11H2,1-2H3,(H,17,19,20)/t15-,16-/m0/s1. The molecule has 2 fully saturated rings. The zero-order chi connectivity index (χ0) is 15.1. The van der Waals surface area contributed by atoms with Gasteiger partial charge in [-0.2, -0.15) is 0 Å².